The highest BCUT2D eigenvalue weighted by molar-refractivity contribution is 9.11. The van der Waals surface area contributed by atoms with E-state index in [1.807, 2.05) is 0 Å². The Balaban J connectivity index is 2.44. The molecule has 0 radical (unpaired) electrons. The molecule has 4 heteroatoms. The number of hydrogen-bond donors (Lipinski definition) is 0. The highest BCUT2D eigenvalue weighted by atomic mass is 79.9. The van der Waals surface area contributed by atoms with E-state index >= 15 is 0 Å². The zero-order valence-electron chi connectivity index (χ0n) is 7.59. The van der Waals surface area contributed by atoms with Gasteiger partial charge in [0, 0.05) is 6.42 Å². The molecule has 2 nitrogen and oxygen atoms in total. The van der Waals surface area contributed by atoms with Crippen molar-refractivity contribution < 1.29 is 0 Å². The molecule has 0 unspecified atom stereocenters. The molecule has 0 aliphatic carbocycles. The van der Waals surface area contributed by atoms with Gasteiger partial charge in [-0.15, -0.1) is 0 Å². The molecular weight excluding hydrogens is 236 g/mol. The predicted octanol–water partition coefficient (Wildman–Crippen LogP) is 3.28. The topological polar surface area (TPSA) is 25.8 Å². The minimum Gasteiger partial charge on any atom is -0.212 e. The Labute approximate surface area is 85.7 Å². The first-order valence-corrected chi connectivity index (χ1v) is 5.52. The third-order valence-corrected chi connectivity index (χ3v) is 2.70. The van der Waals surface area contributed by atoms with E-state index in [0.717, 1.165) is 22.6 Å². The molecule has 0 fully saturated rings. The summed E-state index contributed by atoms with van der Waals surface area (Å²) in [5.74, 6) is 0.960. The van der Waals surface area contributed by atoms with Crippen molar-refractivity contribution in [2.24, 2.45) is 5.41 Å². The van der Waals surface area contributed by atoms with E-state index in [1.54, 1.807) is 0 Å². The van der Waals surface area contributed by atoms with Crippen LogP contribution in [0, 0.1) is 5.41 Å². The molecule has 0 aliphatic rings. The van der Waals surface area contributed by atoms with Gasteiger partial charge in [-0.1, -0.05) is 20.8 Å². The van der Waals surface area contributed by atoms with Crippen LogP contribution in [-0.4, -0.2) is 9.36 Å². The van der Waals surface area contributed by atoms with Crippen molar-refractivity contribution in [1.29, 1.82) is 0 Å². The second kappa shape index (κ2) is 3.83. The molecule has 0 spiro atoms. The summed E-state index contributed by atoms with van der Waals surface area (Å²) in [5, 5.41) is 0. The Kier molecular flexibility index (Phi) is 3.23. The fourth-order valence-corrected chi connectivity index (χ4v) is 1.70. The molecule has 0 N–H and O–H groups in total. The zero-order chi connectivity index (χ0) is 9.19. The maximum atomic E-state index is 4.24. The number of rotatable bonds is 2. The van der Waals surface area contributed by atoms with Gasteiger partial charge >= 0.3 is 0 Å². The van der Waals surface area contributed by atoms with E-state index in [1.165, 1.54) is 11.5 Å². The summed E-state index contributed by atoms with van der Waals surface area (Å²) in [7, 11) is 0. The van der Waals surface area contributed by atoms with Gasteiger partial charge in [-0.25, -0.2) is 4.98 Å². The van der Waals surface area contributed by atoms with E-state index in [2.05, 4.69) is 46.1 Å². The standard InChI is InChI=1S/C8H13BrN2S/c1-8(2,3)5-4-6-10-7(9)12-11-6/h4-5H2,1-3H3. The third kappa shape index (κ3) is 3.63. The van der Waals surface area contributed by atoms with Crippen LogP contribution in [0.3, 0.4) is 0 Å². The van der Waals surface area contributed by atoms with Crippen LogP contribution in [0.5, 0.6) is 0 Å². The number of halogens is 1. The van der Waals surface area contributed by atoms with Crippen LogP contribution < -0.4 is 0 Å². The van der Waals surface area contributed by atoms with Crippen molar-refractivity contribution in [3.8, 4) is 0 Å². The molecule has 1 aromatic heterocycles. The Morgan fingerprint density at radius 3 is 2.50 bits per heavy atom. The lowest BCUT2D eigenvalue weighted by Gasteiger charge is -2.16. The normalized spacial score (nSPS) is 12.0. The summed E-state index contributed by atoms with van der Waals surface area (Å²) in [6.07, 6.45) is 2.11. The molecule has 0 atom stereocenters. The van der Waals surface area contributed by atoms with Crippen LogP contribution in [0.15, 0.2) is 3.92 Å². The summed E-state index contributed by atoms with van der Waals surface area (Å²) < 4.78 is 5.08. The quantitative estimate of drug-likeness (QED) is 0.803. The largest absolute Gasteiger partial charge is 0.212 e. The van der Waals surface area contributed by atoms with Crippen LogP contribution in [0.4, 0.5) is 0 Å². The lowest BCUT2D eigenvalue weighted by molar-refractivity contribution is 0.375. The summed E-state index contributed by atoms with van der Waals surface area (Å²) in [6, 6.07) is 0. The summed E-state index contributed by atoms with van der Waals surface area (Å²) in [6.45, 7) is 6.69. The van der Waals surface area contributed by atoms with Crippen LogP contribution in [-0.2, 0) is 6.42 Å². The summed E-state index contributed by atoms with van der Waals surface area (Å²) >= 11 is 4.71. The maximum Gasteiger partial charge on any atom is 0.179 e. The van der Waals surface area contributed by atoms with Crippen molar-refractivity contribution in [1.82, 2.24) is 9.36 Å². The van der Waals surface area contributed by atoms with Crippen LogP contribution in [0.1, 0.15) is 33.0 Å². The fourth-order valence-electron chi connectivity index (χ4n) is 0.821. The van der Waals surface area contributed by atoms with Gasteiger partial charge in [-0.3, -0.25) is 0 Å². The summed E-state index contributed by atoms with van der Waals surface area (Å²) in [4.78, 5) is 4.24. The molecule has 0 amide bonds. The number of hydrogen-bond acceptors (Lipinski definition) is 3. The summed E-state index contributed by atoms with van der Waals surface area (Å²) in [5.41, 5.74) is 0.373. The van der Waals surface area contributed by atoms with Gasteiger partial charge < -0.3 is 0 Å². The maximum absolute atomic E-state index is 4.24. The minimum absolute atomic E-state index is 0.373. The van der Waals surface area contributed by atoms with Crippen LogP contribution >= 0.6 is 27.5 Å². The van der Waals surface area contributed by atoms with Crippen molar-refractivity contribution >= 4 is 27.5 Å². The monoisotopic (exact) mass is 248 g/mol. The van der Waals surface area contributed by atoms with Gasteiger partial charge in [0.2, 0.25) is 0 Å². The lowest BCUT2D eigenvalue weighted by Crippen LogP contribution is -2.06. The van der Waals surface area contributed by atoms with Gasteiger partial charge in [0.1, 0.15) is 5.82 Å². The second-order valence-corrected chi connectivity index (χ2v) is 6.05. The first-order valence-electron chi connectivity index (χ1n) is 3.95. The predicted molar refractivity (Wildman–Crippen MR) is 55.4 cm³/mol. The Morgan fingerprint density at radius 1 is 1.42 bits per heavy atom. The molecule has 1 rings (SSSR count). The lowest BCUT2D eigenvalue weighted by atomic mass is 9.90. The molecular formula is C8H13BrN2S. The van der Waals surface area contributed by atoms with Crippen LogP contribution in [0.25, 0.3) is 0 Å². The van der Waals surface area contributed by atoms with E-state index in [4.69, 9.17) is 0 Å². The van der Waals surface area contributed by atoms with E-state index in [-0.39, 0.29) is 0 Å². The number of nitrogens with zero attached hydrogens (tertiary/aromatic N) is 2. The SMILES string of the molecule is CC(C)(C)CCc1nsc(Br)n1. The van der Waals surface area contributed by atoms with Crippen molar-refractivity contribution in [2.75, 3.05) is 0 Å². The molecule has 12 heavy (non-hydrogen) atoms. The molecule has 1 aromatic rings. The van der Waals surface area contributed by atoms with E-state index in [9.17, 15) is 0 Å². The number of aryl methyl sites for hydroxylation is 1. The highest BCUT2D eigenvalue weighted by Crippen LogP contribution is 2.21. The first-order chi connectivity index (χ1) is 5.47. The Bertz CT molecular complexity index is 252. The molecule has 0 saturated heterocycles. The van der Waals surface area contributed by atoms with Crippen molar-refractivity contribution in [2.45, 2.75) is 33.6 Å². The van der Waals surface area contributed by atoms with Gasteiger partial charge in [-0.2, -0.15) is 4.37 Å². The molecule has 0 aromatic carbocycles. The van der Waals surface area contributed by atoms with E-state index < -0.39 is 0 Å². The zero-order valence-corrected chi connectivity index (χ0v) is 10.00. The minimum atomic E-state index is 0.373. The van der Waals surface area contributed by atoms with E-state index in [0.29, 0.717) is 5.41 Å². The third-order valence-electron chi connectivity index (χ3n) is 1.54. The fraction of sp³-hybridized carbons (Fsp3) is 0.750. The van der Waals surface area contributed by atoms with Crippen molar-refractivity contribution in [3.05, 3.63) is 9.74 Å². The second-order valence-electron chi connectivity index (χ2n) is 4.02. The Morgan fingerprint density at radius 2 is 2.08 bits per heavy atom. The highest BCUT2D eigenvalue weighted by Gasteiger charge is 2.11. The van der Waals surface area contributed by atoms with Gasteiger partial charge in [0.05, 0.1) is 0 Å². The molecule has 68 valence electrons. The first kappa shape index (κ1) is 10.1. The molecule has 0 bridgehead atoms. The molecule has 1 heterocycles. The average molecular weight is 249 g/mol. The van der Waals surface area contributed by atoms with Crippen LogP contribution in [0.2, 0.25) is 0 Å². The van der Waals surface area contributed by atoms with Crippen molar-refractivity contribution in [3.63, 3.8) is 0 Å². The van der Waals surface area contributed by atoms with Gasteiger partial charge in [0.15, 0.2) is 3.92 Å². The molecule has 0 saturated carbocycles. The smallest absolute Gasteiger partial charge is 0.179 e. The van der Waals surface area contributed by atoms with Gasteiger partial charge in [0.25, 0.3) is 0 Å². The average Bonchev–Trinajstić information content (AvgIpc) is 2.30. The van der Waals surface area contributed by atoms with Gasteiger partial charge in [-0.05, 0) is 39.3 Å². The molecule has 0 aliphatic heterocycles. The Hall–Kier alpha value is 0.0400. The number of aromatic nitrogens is 2.